The lowest BCUT2D eigenvalue weighted by atomic mass is 10.3. The molecule has 0 spiro atoms. The maximum absolute atomic E-state index is 14.0. The van der Waals surface area contributed by atoms with E-state index >= 15 is 0 Å². The standard InChI is InChI=1S/C13H10FN5O2/c1-8-12(20)13(17-6-16-8)21-11-3-2-9(4-10(11)14)19-7-15-5-18-19/h2-7,20H,1H3. The fourth-order valence-electron chi connectivity index (χ4n) is 1.68. The van der Waals surface area contributed by atoms with E-state index in [-0.39, 0.29) is 17.4 Å². The Balaban J connectivity index is 1.92. The summed E-state index contributed by atoms with van der Waals surface area (Å²) in [5.41, 5.74) is 0.847. The van der Waals surface area contributed by atoms with Crippen molar-refractivity contribution >= 4 is 0 Å². The first-order chi connectivity index (χ1) is 10.1. The summed E-state index contributed by atoms with van der Waals surface area (Å²) in [7, 11) is 0. The fourth-order valence-corrected chi connectivity index (χ4v) is 1.68. The molecule has 7 nitrogen and oxygen atoms in total. The van der Waals surface area contributed by atoms with Gasteiger partial charge in [-0.15, -0.1) is 0 Å². The number of nitrogens with zero attached hydrogens (tertiary/aromatic N) is 5. The van der Waals surface area contributed by atoms with Crippen molar-refractivity contribution in [3.8, 4) is 23.1 Å². The van der Waals surface area contributed by atoms with Crippen LogP contribution < -0.4 is 4.74 Å². The maximum atomic E-state index is 14.0. The Morgan fingerprint density at radius 2 is 2.10 bits per heavy atom. The first-order valence-electron chi connectivity index (χ1n) is 5.98. The first kappa shape index (κ1) is 13.0. The molecule has 2 aromatic heterocycles. The van der Waals surface area contributed by atoms with E-state index in [0.717, 1.165) is 0 Å². The molecule has 0 unspecified atom stereocenters. The molecule has 1 N–H and O–H groups in total. The van der Waals surface area contributed by atoms with Crippen LogP contribution in [0.15, 0.2) is 37.2 Å². The zero-order valence-electron chi connectivity index (χ0n) is 10.9. The van der Waals surface area contributed by atoms with E-state index < -0.39 is 5.82 Å². The van der Waals surface area contributed by atoms with Crippen molar-refractivity contribution < 1.29 is 14.2 Å². The predicted octanol–water partition coefficient (Wildman–Crippen LogP) is 2.00. The van der Waals surface area contributed by atoms with E-state index in [9.17, 15) is 9.50 Å². The van der Waals surface area contributed by atoms with E-state index in [2.05, 4.69) is 20.1 Å². The molecule has 3 rings (SSSR count). The molecule has 0 radical (unpaired) electrons. The fraction of sp³-hybridized carbons (Fsp3) is 0.0769. The van der Waals surface area contributed by atoms with Gasteiger partial charge in [0.1, 0.15) is 19.0 Å². The molecule has 3 aromatic rings. The number of aromatic hydroxyl groups is 1. The summed E-state index contributed by atoms with van der Waals surface area (Å²) in [5, 5.41) is 13.7. The molecule has 0 bridgehead atoms. The van der Waals surface area contributed by atoms with Gasteiger partial charge in [-0.2, -0.15) is 10.1 Å². The van der Waals surface area contributed by atoms with Crippen molar-refractivity contribution in [3.63, 3.8) is 0 Å². The zero-order valence-corrected chi connectivity index (χ0v) is 10.9. The molecule has 0 amide bonds. The summed E-state index contributed by atoms with van der Waals surface area (Å²) in [6, 6.07) is 4.27. The molecule has 0 saturated carbocycles. The van der Waals surface area contributed by atoms with Gasteiger partial charge in [0.05, 0.1) is 11.4 Å². The summed E-state index contributed by atoms with van der Waals surface area (Å²) in [6.45, 7) is 1.59. The van der Waals surface area contributed by atoms with Crippen molar-refractivity contribution in [1.29, 1.82) is 0 Å². The van der Waals surface area contributed by atoms with Crippen molar-refractivity contribution in [3.05, 3.63) is 48.7 Å². The third-order valence-corrected chi connectivity index (χ3v) is 2.78. The summed E-state index contributed by atoms with van der Waals surface area (Å²) in [5.74, 6) is -1.00. The van der Waals surface area contributed by atoms with E-state index in [4.69, 9.17) is 4.74 Å². The van der Waals surface area contributed by atoms with E-state index in [1.54, 1.807) is 13.0 Å². The number of rotatable bonds is 3. The average Bonchev–Trinajstić information content (AvgIpc) is 3.00. The normalized spacial score (nSPS) is 10.6. The van der Waals surface area contributed by atoms with Crippen LogP contribution in [0.5, 0.6) is 17.4 Å². The smallest absolute Gasteiger partial charge is 0.265 e. The largest absolute Gasteiger partial charge is 0.502 e. The molecule has 2 heterocycles. The molecular formula is C13H10FN5O2. The van der Waals surface area contributed by atoms with Crippen molar-refractivity contribution in [2.45, 2.75) is 6.92 Å². The van der Waals surface area contributed by atoms with Crippen LogP contribution >= 0.6 is 0 Å². The van der Waals surface area contributed by atoms with Gasteiger partial charge < -0.3 is 9.84 Å². The van der Waals surface area contributed by atoms with E-state index in [0.29, 0.717) is 11.4 Å². The minimum absolute atomic E-state index is 0.0627. The highest BCUT2D eigenvalue weighted by Crippen LogP contribution is 2.31. The molecular weight excluding hydrogens is 277 g/mol. The average molecular weight is 287 g/mol. The van der Waals surface area contributed by atoms with Crippen LogP contribution in [-0.4, -0.2) is 29.8 Å². The summed E-state index contributed by atoms with van der Waals surface area (Å²) < 4.78 is 20.7. The van der Waals surface area contributed by atoms with Crippen LogP contribution in [0, 0.1) is 12.7 Å². The van der Waals surface area contributed by atoms with Crippen LogP contribution in [-0.2, 0) is 0 Å². The van der Waals surface area contributed by atoms with Gasteiger partial charge in [0.15, 0.2) is 11.6 Å². The third-order valence-electron chi connectivity index (χ3n) is 2.78. The summed E-state index contributed by atoms with van der Waals surface area (Å²) >= 11 is 0. The first-order valence-corrected chi connectivity index (χ1v) is 5.98. The molecule has 0 saturated heterocycles. The second-order valence-corrected chi connectivity index (χ2v) is 4.17. The lowest BCUT2D eigenvalue weighted by Gasteiger charge is -2.09. The van der Waals surface area contributed by atoms with E-state index in [1.165, 1.54) is 35.8 Å². The minimum atomic E-state index is -0.612. The topological polar surface area (TPSA) is 86.0 Å². The highest BCUT2D eigenvalue weighted by molar-refractivity contribution is 5.42. The van der Waals surface area contributed by atoms with Crippen LogP contribution in [0.3, 0.4) is 0 Å². The SMILES string of the molecule is Cc1ncnc(Oc2ccc(-n3cncn3)cc2F)c1O. The van der Waals surface area contributed by atoms with Gasteiger partial charge in [0.25, 0.3) is 5.88 Å². The number of aryl methyl sites for hydroxylation is 1. The molecule has 0 atom stereocenters. The van der Waals surface area contributed by atoms with Gasteiger partial charge in [-0.1, -0.05) is 0 Å². The number of benzene rings is 1. The predicted molar refractivity (Wildman–Crippen MR) is 69.8 cm³/mol. The van der Waals surface area contributed by atoms with Gasteiger partial charge in [0.2, 0.25) is 5.75 Å². The molecule has 0 aliphatic carbocycles. The molecule has 1 aromatic carbocycles. The number of hydrogen-bond donors (Lipinski definition) is 1. The highest BCUT2D eigenvalue weighted by Gasteiger charge is 2.13. The molecule has 0 aliphatic heterocycles. The second kappa shape index (κ2) is 5.16. The van der Waals surface area contributed by atoms with Gasteiger partial charge in [-0.05, 0) is 19.1 Å². The van der Waals surface area contributed by atoms with Crippen LogP contribution in [0.4, 0.5) is 4.39 Å². The van der Waals surface area contributed by atoms with E-state index in [1.807, 2.05) is 0 Å². The lowest BCUT2D eigenvalue weighted by molar-refractivity contribution is 0.377. The lowest BCUT2D eigenvalue weighted by Crippen LogP contribution is -1.98. The zero-order chi connectivity index (χ0) is 14.8. The molecule has 21 heavy (non-hydrogen) atoms. The Bertz CT molecular complexity index is 776. The number of ether oxygens (including phenoxy) is 1. The maximum Gasteiger partial charge on any atom is 0.265 e. The van der Waals surface area contributed by atoms with Gasteiger partial charge >= 0.3 is 0 Å². The molecule has 0 aliphatic rings. The van der Waals surface area contributed by atoms with Gasteiger partial charge in [0, 0.05) is 6.07 Å². The van der Waals surface area contributed by atoms with Gasteiger partial charge in [-0.3, -0.25) is 0 Å². The van der Waals surface area contributed by atoms with Crippen LogP contribution in [0.2, 0.25) is 0 Å². The van der Waals surface area contributed by atoms with Crippen LogP contribution in [0.25, 0.3) is 5.69 Å². The van der Waals surface area contributed by atoms with Crippen molar-refractivity contribution in [1.82, 2.24) is 24.7 Å². The molecule has 0 fully saturated rings. The summed E-state index contributed by atoms with van der Waals surface area (Å²) in [4.78, 5) is 11.4. The summed E-state index contributed by atoms with van der Waals surface area (Å²) in [6.07, 6.45) is 4.03. The Morgan fingerprint density at radius 1 is 1.24 bits per heavy atom. The van der Waals surface area contributed by atoms with Crippen LogP contribution in [0.1, 0.15) is 5.69 Å². The Labute approximate surface area is 118 Å². The quantitative estimate of drug-likeness (QED) is 0.793. The number of aromatic nitrogens is 5. The Hall–Kier alpha value is -3.03. The van der Waals surface area contributed by atoms with Crippen molar-refractivity contribution in [2.75, 3.05) is 0 Å². The Morgan fingerprint density at radius 3 is 2.81 bits per heavy atom. The molecule has 8 heteroatoms. The number of halogens is 1. The molecule has 106 valence electrons. The van der Waals surface area contributed by atoms with Gasteiger partial charge in [-0.25, -0.2) is 19.0 Å². The third kappa shape index (κ3) is 2.50. The Kier molecular flexibility index (Phi) is 3.19. The number of hydrogen-bond acceptors (Lipinski definition) is 6. The van der Waals surface area contributed by atoms with Crippen molar-refractivity contribution in [2.24, 2.45) is 0 Å². The highest BCUT2D eigenvalue weighted by atomic mass is 19.1. The second-order valence-electron chi connectivity index (χ2n) is 4.17. The minimum Gasteiger partial charge on any atom is -0.502 e. The monoisotopic (exact) mass is 287 g/mol.